The summed E-state index contributed by atoms with van der Waals surface area (Å²) in [5.41, 5.74) is 0. The highest BCUT2D eigenvalue weighted by atomic mass is 16.4. The molecule has 4 N–H and O–H groups in total. The maximum atomic E-state index is 11.6. The number of rotatable bonds is 4. The van der Waals surface area contributed by atoms with Crippen molar-refractivity contribution in [3.8, 4) is 0 Å². The van der Waals surface area contributed by atoms with Crippen LogP contribution in [0.2, 0.25) is 0 Å². The predicted molar refractivity (Wildman–Crippen MR) is 61.6 cm³/mol. The summed E-state index contributed by atoms with van der Waals surface area (Å²) in [4.78, 5) is 22.3. The van der Waals surface area contributed by atoms with Crippen molar-refractivity contribution in [3.05, 3.63) is 0 Å². The third-order valence-electron chi connectivity index (χ3n) is 3.21. The van der Waals surface area contributed by atoms with Crippen molar-refractivity contribution in [3.63, 3.8) is 0 Å². The van der Waals surface area contributed by atoms with Gasteiger partial charge in [-0.05, 0) is 25.7 Å². The predicted octanol–water partition coefficient (Wildman–Crippen LogP) is 0.308. The van der Waals surface area contributed by atoms with Crippen LogP contribution < -0.4 is 10.6 Å². The van der Waals surface area contributed by atoms with Gasteiger partial charge in [0.1, 0.15) is 0 Å². The van der Waals surface area contributed by atoms with E-state index in [0.29, 0.717) is 5.92 Å². The van der Waals surface area contributed by atoms with Crippen molar-refractivity contribution in [1.82, 2.24) is 10.6 Å². The lowest BCUT2D eigenvalue weighted by Gasteiger charge is -2.21. The molecule has 2 amide bonds. The number of urea groups is 1. The van der Waals surface area contributed by atoms with Gasteiger partial charge >= 0.3 is 12.0 Å². The first kappa shape index (κ1) is 13.8. The Labute approximate surface area is 100 Å². The zero-order valence-electron chi connectivity index (χ0n) is 10.1. The van der Waals surface area contributed by atoms with E-state index in [1.807, 2.05) is 0 Å². The number of carbonyl (C=O) groups is 2. The number of aliphatic hydroxyl groups is 1. The Balaban J connectivity index is 2.45. The van der Waals surface area contributed by atoms with Crippen LogP contribution in [0.15, 0.2) is 0 Å². The number of hydrogen-bond donors (Lipinski definition) is 4. The quantitative estimate of drug-likeness (QED) is 0.572. The molecule has 1 fully saturated rings. The van der Waals surface area contributed by atoms with Crippen LogP contribution in [-0.4, -0.2) is 40.4 Å². The Kier molecular flexibility index (Phi) is 4.74. The van der Waals surface area contributed by atoms with Crippen LogP contribution >= 0.6 is 0 Å². The molecule has 0 aliphatic heterocycles. The first-order valence-electron chi connectivity index (χ1n) is 5.89. The van der Waals surface area contributed by atoms with Crippen molar-refractivity contribution < 1.29 is 19.8 Å². The molecule has 1 aliphatic carbocycles. The fraction of sp³-hybridized carbons (Fsp3) is 0.818. The molecular formula is C11H20N2O4. The summed E-state index contributed by atoms with van der Waals surface area (Å²) in [7, 11) is 0. The van der Waals surface area contributed by atoms with Gasteiger partial charge in [-0.15, -0.1) is 0 Å². The standard InChI is InChI=1S/C11H20N2O4/c1-6-4-3-5-8(6)12-11(17)13-9(7(2)14)10(15)16/h6-9,14H,3-5H2,1-2H3,(H,15,16)(H2,12,13,17). The lowest BCUT2D eigenvalue weighted by Crippen LogP contribution is -2.53. The molecule has 1 saturated carbocycles. The summed E-state index contributed by atoms with van der Waals surface area (Å²) < 4.78 is 0. The average Bonchev–Trinajstić information content (AvgIpc) is 2.60. The van der Waals surface area contributed by atoms with Crippen molar-refractivity contribution >= 4 is 12.0 Å². The molecule has 1 rings (SSSR count). The molecule has 0 heterocycles. The van der Waals surface area contributed by atoms with Gasteiger partial charge in [0.2, 0.25) is 0 Å². The maximum absolute atomic E-state index is 11.6. The highest BCUT2D eigenvalue weighted by Gasteiger charge is 2.28. The highest BCUT2D eigenvalue weighted by molar-refractivity contribution is 5.83. The maximum Gasteiger partial charge on any atom is 0.328 e. The molecule has 0 radical (unpaired) electrons. The van der Waals surface area contributed by atoms with Crippen molar-refractivity contribution in [2.45, 2.75) is 51.3 Å². The minimum Gasteiger partial charge on any atom is -0.480 e. The molecule has 4 atom stereocenters. The fourth-order valence-electron chi connectivity index (χ4n) is 2.10. The van der Waals surface area contributed by atoms with Gasteiger partial charge in [-0.25, -0.2) is 9.59 Å². The van der Waals surface area contributed by atoms with Crippen LogP contribution in [-0.2, 0) is 4.79 Å². The second-order valence-electron chi connectivity index (χ2n) is 4.69. The van der Waals surface area contributed by atoms with E-state index in [1.54, 1.807) is 0 Å². The molecule has 0 aromatic carbocycles. The second-order valence-corrected chi connectivity index (χ2v) is 4.69. The fourth-order valence-corrected chi connectivity index (χ4v) is 2.10. The number of aliphatic carboxylic acids is 1. The third-order valence-corrected chi connectivity index (χ3v) is 3.21. The Morgan fingerprint density at radius 3 is 2.41 bits per heavy atom. The molecular weight excluding hydrogens is 224 g/mol. The van der Waals surface area contributed by atoms with Crippen LogP contribution in [0.25, 0.3) is 0 Å². The topological polar surface area (TPSA) is 98.7 Å². The molecule has 17 heavy (non-hydrogen) atoms. The summed E-state index contributed by atoms with van der Waals surface area (Å²) in [6.07, 6.45) is 1.94. The zero-order chi connectivity index (χ0) is 13.0. The first-order chi connectivity index (χ1) is 7.91. The Hall–Kier alpha value is -1.30. The summed E-state index contributed by atoms with van der Waals surface area (Å²) >= 11 is 0. The Morgan fingerprint density at radius 1 is 1.35 bits per heavy atom. The van der Waals surface area contributed by atoms with E-state index < -0.39 is 24.1 Å². The van der Waals surface area contributed by atoms with Gasteiger partial charge in [-0.2, -0.15) is 0 Å². The Morgan fingerprint density at radius 2 is 2.00 bits per heavy atom. The summed E-state index contributed by atoms with van der Waals surface area (Å²) in [5, 5.41) is 23.0. The first-order valence-corrected chi connectivity index (χ1v) is 5.89. The molecule has 98 valence electrons. The van der Waals surface area contributed by atoms with Gasteiger partial charge in [0.05, 0.1) is 6.10 Å². The van der Waals surface area contributed by atoms with Gasteiger partial charge in [0, 0.05) is 6.04 Å². The average molecular weight is 244 g/mol. The van der Waals surface area contributed by atoms with E-state index in [-0.39, 0.29) is 6.04 Å². The van der Waals surface area contributed by atoms with Gasteiger partial charge in [0.15, 0.2) is 6.04 Å². The van der Waals surface area contributed by atoms with Crippen LogP contribution in [0.1, 0.15) is 33.1 Å². The molecule has 4 unspecified atom stereocenters. The molecule has 0 aromatic rings. The van der Waals surface area contributed by atoms with Crippen molar-refractivity contribution in [1.29, 1.82) is 0 Å². The van der Waals surface area contributed by atoms with Crippen LogP contribution in [0, 0.1) is 5.92 Å². The minimum atomic E-state index is -1.27. The molecule has 1 aliphatic rings. The summed E-state index contributed by atoms with van der Waals surface area (Å²) in [5.74, 6) is -0.829. The van der Waals surface area contributed by atoms with E-state index in [9.17, 15) is 14.7 Å². The molecule has 6 nitrogen and oxygen atoms in total. The third kappa shape index (κ3) is 3.89. The van der Waals surface area contributed by atoms with E-state index >= 15 is 0 Å². The lowest BCUT2D eigenvalue weighted by atomic mass is 10.1. The van der Waals surface area contributed by atoms with Crippen LogP contribution in [0.4, 0.5) is 4.79 Å². The second kappa shape index (κ2) is 5.86. The SMILES string of the molecule is CC(O)C(NC(=O)NC1CCCC1C)C(=O)O. The molecule has 0 spiro atoms. The van der Waals surface area contributed by atoms with Gasteiger partial charge < -0.3 is 20.8 Å². The summed E-state index contributed by atoms with van der Waals surface area (Å²) in [6.45, 7) is 3.39. The van der Waals surface area contributed by atoms with Crippen LogP contribution in [0.5, 0.6) is 0 Å². The van der Waals surface area contributed by atoms with Gasteiger partial charge in [-0.3, -0.25) is 0 Å². The number of carbonyl (C=O) groups excluding carboxylic acids is 1. The number of amides is 2. The highest BCUT2D eigenvalue weighted by Crippen LogP contribution is 2.24. The molecule has 0 saturated heterocycles. The monoisotopic (exact) mass is 244 g/mol. The largest absolute Gasteiger partial charge is 0.480 e. The van der Waals surface area contributed by atoms with Gasteiger partial charge in [0.25, 0.3) is 0 Å². The summed E-state index contributed by atoms with van der Waals surface area (Å²) in [6, 6.07) is -1.71. The number of carboxylic acids is 1. The zero-order valence-corrected chi connectivity index (χ0v) is 10.1. The number of carboxylic acid groups (broad SMARTS) is 1. The smallest absolute Gasteiger partial charge is 0.328 e. The number of aliphatic hydroxyl groups excluding tert-OH is 1. The van der Waals surface area contributed by atoms with Gasteiger partial charge in [-0.1, -0.05) is 13.3 Å². The minimum absolute atomic E-state index is 0.0958. The van der Waals surface area contributed by atoms with Crippen LogP contribution in [0.3, 0.4) is 0 Å². The molecule has 0 bridgehead atoms. The van der Waals surface area contributed by atoms with E-state index in [4.69, 9.17) is 5.11 Å². The number of nitrogens with one attached hydrogen (secondary N) is 2. The Bertz CT molecular complexity index is 293. The van der Waals surface area contributed by atoms with Crippen molar-refractivity contribution in [2.75, 3.05) is 0 Å². The normalized spacial score (nSPS) is 27.2. The van der Waals surface area contributed by atoms with E-state index in [0.717, 1.165) is 19.3 Å². The molecule has 0 aromatic heterocycles. The number of hydrogen-bond acceptors (Lipinski definition) is 3. The van der Waals surface area contributed by atoms with Crippen molar-refractivity contribution in [2.24, 2.45) is 5.92 Å². The van der Waals surface area contributed by atoms with E-state index in [2.05, 4.69) is 17.6 Å². The molecule has 6 heteroatoms. The lowest BCUT2D eigenvalue weighted by molar-refractivity contribution is -0.141. The van der Waals surface area contributed by atoms with E-state index in [1.165, 1.54) is 6.92 Å².